The van der Waals surface area contributed by atoms with Crippen molar-refractivity contribution in [1.29, 1.82) is 0 Å². The SMILES string of the molecule is COc1cccc(CCC(=O)NCC2CCCC2CO)c1. The lowest BCUT2D eigenvalue weighted by Crippen LogP contribution is -2.31. The lowest BCUT2D eigenvalue weighted by atomic mass is 9.97. The summed E-state index contributed by atoms with van der Waals surface area (Å²) in [6.45, 7) is 0.937. The van der Waals surface area contributed by atoms with Crippen LogP contribution >= 0.6 is 0 Å². The zero-order valence-corrected chi connectivity index (χ0v) is 12.7. The number of amides is 1. The van der Waals surface area contributed by atoms with Crippen LogP contribution in [0.15, 0.2) is 24.3 Å². The first-order chi connectivity index (χ1) is 10.2. The van der Waals surface area contributed by atoms with Crippen molar-refractivity contribution in [3.63, 3.8) is 0 Å². The van der Waals surface area contributed by atoms with Gasteiger partial charge in [0.2, 0.25) is 5.91 Å². The van der Waals surface area contributed by atoms with Crippen LogP contribution in [0.4, 0.5) is 0 Å². The van der Waals surface area contributed by atoms with E-state index in [0.717, 1.165) is 37.0 Å². The number of carbonyl (C=O) groups is 1. The molecule has 1 saturated carbocycles. The highest BCUT2D eigenvalue weighted by atomic mass is 16.5. The van der Waals surface area contributed by atoms with Crippen molar-refractivity contribution in [1.82, 2.24) is 5.32 Å². The van der Waals surface area contributed by atoms with Crippen molar-refractivity contribution >= 4 is 5.91 Å². The maximum Gasteiger partial charge on any atom is 0.220 e. The summed E-state index contributed by atoms with van der Waals surface area (Å²) in [6, 6.07) is 7.82. The number of aryl methyl sites for hydroxylation is 1. The number of rotatable bonds is 7. The lowest BCUT2D eigenvalue weighted by Gasteiger charge is -2.17. The van der Waals surface area contributed by atoms with Crippen molar-refractivity contribution in [2.45, 2.75) is 32.1 Å². The summed E-state index contributed by atoms with van der Waals surface area (Å²) in [6.07, 6.45) is 4.57. The molecule has 0 saturated heterocycles. The molecule has 0 bridgehead atoms. The quantitative estimate of drug-likeness (QED) is 0.809. The molecule has 4 heteroatoms. The Morgan fingerprint density at radius 2 is 2.19 bits per heavy atom. The van der Waals surface area contributed by atoms with Crippen LogP contribution in [-0.4, -0.2) is 31.3 Å². The molecule has 2 N–H and O–H groups in total. The minimum atomic E-state index is 0.0846. The van der Waals surface area contributed by atoms with Crippen LogP contribution in [0, 0.1) is 11.8 Å². The maximum atomic E-state index is 11.9. The second-order valence-electron chi connectivity index (χ2n) is 5.79. The fraction of sp³-hybridized carbons (Fsp3) is 0.588. The molecule has 2 rings (SSSR count). The van der Waals surface area contributed by atoms with E-state index in [-0.39, 0.29) is 12.5 Å². The van der Waals surface area contributed by atoms with E-state index in [4.69, 9.17) is 4.74 Å². The van der Waals surface area contributed by atoms with Crippen molar-refractivity contribution in [2.75, 3.05) is 20.3 Å². The zero-order valence-electron chi connectivity index (χ0n) is 12.7. The molecule has 4 nitrogen and oxygen atoms in total. The number of carbonyl (C=O) groups excluding carboxylic acids is 1. The number of methoxy groups -OCH3 is 1. The zero-order chi connectivity index (χ0) is 15.1. The molecular weight excluding hydrogens is 266 g/mol. The van der Waals surface area contributed by atoms with Gasteiger partial charge in [-0.1, -0.05) is 18.6 Å². The second-order valence-corrected chi connectivity index (χ2v) is 5.79. The summed E-state index contributed by atoms with van der Waals surface area (Å²) in [5.74, 6) is 1.71. The van der Waals surface area contributed by atoms with Gasteiger partial charge in [0.15, 0.2) is 0 Å². The Labute approximate surface area is 126 Å². The van der Waals surface area contributed by atoms with E-state index in [9.17, 15) is 9.90 Å². The van der Waals surface area contributed by atoms with Gasteiger partial charge in [-0.05, 0) is 48.8 Å². The molecule has 0 heterocycles. The fourth-order valence-corrected chi connectivity index (χ4v) is 3.04. The molecule has 0 aliphatic heterocycles. The van der Waals surface area contributed by atoms with Gasteiger partial charge in [-0.25, -0.2) is 0 Å². The Morgan fingerprint density at radius 3 is 2.95 bits per heavy atom. The van der Waals surface area contributed by atoms with Gasteiger partial charge in [-0.2, -0.15) is 0 Å². The molecule has 116 valence electrons. The number of hydrogen-bond acceptors (Lipinski definition) is 3. The molecular formula is C17H25NO3. The molecule has 1 aromatic rings. The Kier molecular flexibility index (Phi) is 6.05. The monoisotopic (exact) mass is 291 g/mol. The van der Waals surface area contributed by atoms with Gasteiger partial charge in [0, 0.05) is 19.6 Å². The molecule has 1 aromatic carbocycles. The van der Waals surface area contributed by atoms with Crippen molar-refractivity contribution in [2.24, 2.45) is 11.8 Å². The predicted octanol–water partition coefficient (Wildman–Crippen LogP) is 2.15. The third kappa shape index (κ3) is 4.74. The van der Waals surface area contributed by atoms with Crippen LogP contribution < -0.4 is 10.1 Å². The third-order valence-electron chi connectivity index (χ3n) is 4.39. The summed E-state index contributed by atoms with van der Waals surface area (Å²) in [5.41, 5.74) is 1.11. The summed E-state index contributed by atoms with van der Waals surface area (Å²) in [7, 11) is 1.64. The fourth-order valence-electron chi connectivity index (χ4n) is 3.04. The molecule has 0 spiro atoms. The number of aliphatic hydroxyl groups excluding tert-OH is 1. The number of benzene rings is 1. The normalized spacial score (nSPS) is 21.2. The van der Waals surface area contributed by atoms with Crippen molar-refractivity contribution < 1.29 is 14.6 Å². The Bertz CT molecular complexity index is 461. The van der Waals surface area contributed by atoms with Gasteiger partial charge in [-0.3, -0.25) is 4.79 Å². The molecule has 2 atom stereocenters. The summed E-state index contributed by atoms with van der Waals surface area (Å²) >= 11 is 0. The first-order valence-corrected chi connectivity index (χ1v) is 7.73. The van der Waals surface area contributed by atoms with Crippen LogP contribution in [0.2, 0.25) is 0 Å². The Morgan fingerprint density at radius 1 is 1.38 bits per heavy atom. The van der Waals surface area contributed by atoms with E-state index < -0.39 is 0 Å². The number of ether oxygens (including phenoxy) is 1. The minimum absolute atomic E-state index is 0.0846. The van der Waals surface area contributed by atoms with E-state index in [0.29, 0.717) is 24.8 Å². The van der Waals surface area contributed by atoms with Gasteiger partial charge < -0.3 is 15.2 Å². The van der Waals surface area contributed by atoms with E-state index in [1.165, 1.54) is 0 Å². The molecule has 0 aromatic heterocycles. The standard InChI is InChI=1S/C17H25NO3/c1-21-16-7-2-4-13(10-16)8-9-17(20)18-11-14-5-3-6-15(14)12-19/h2,4,7,10,14-15,19H,3,5-6,8-9,11-12H2,1H3,(H,18,20). The van der Waals surface area contributed by atoms with E-state index in [2.05, 4.69) is 5.32 Å². The number of nitrogens with one attached hydrogen (secondary N) is 1. The highest BCUT2D eigenvalue weighted by molar-refractivity contribution is 5.76. The van der Waals surface area contributed by atoms with Crippen LogP contribution in [0.1, 0.15) is 31.2 Å². The Hall–Kier alpha value is -1.55. The summed E-state index contributed by atoms with van der Waals surface area (Å²) in [4.78, 5) is 11.9. The highest BCUT2D eigenvalue weighted by Gasteiger charge is 2.26. The van der Waals surface area contributed by atoms with Crippen LogP contribution in [0.5, 0.6) is 5.75 Å². The van der Waals surface area contributed by atoms with Crippen LogP contribution in [0.3, 0.4) is 0 Å². The first kappa shape index (κ1) is 15.8. The molecule has 21 heavy (non-hydrogen) atoms. The van der Waals surface area contributed by atoms with Gasteiger partial charge >= 0.3 is 0 Å². The van der Waals surface area contributed by atoms with Crippen molar-refractivity contribution in [3.8, 4) is 5.75 Å². The van der Waals surface area contributed by atoms with Crippen molar-refractivity contribution in [3.05, 3.63) is 29.8 Å². The third-order valence-corrected chi connectivity index (χ3v) is 4.39. The Balaban J connectivity index is 1.72. The maximum absolute atomic E-state index is 11.9. The molecule has 1 aliphatic carbocycles. The smallest absolute Gasteiger partial charge is 0.220 e. The first-order valence-electron chi connectivity index (χ1n) is 7.73. The summed E-state index contributed by atoms with van der Waals surface area (Å²) in [5, 5.41) is 12.3. The second kappa shape index (κ2) is 8.03. The topological polar surface area (TPSA) is 58.6 Å². The van der Waals surface area contributed by atoms with Gasteiger partial charge in [0.1, 0.15) is 5.75 Å². The lowest BCUT2D eigenvalue weighted by molar-refractivity contribution is -0.121. The summed E-state index contributed by atoms with van der Waals surface area (Å²) < 4.78 is 5.18. The van der Waals surface area contributed by atoms with E-state index in [1.54, 1.807) is 7.11 Å². The molecule has 0 radical (unpaired) electrons. The van der Waals surface area contributed by atoms with Gasteiger partial charge in [0.25, 0.3) is 0 Å². The minimum Gasteiger partial charge on any atom is -0.497 e. The molecule has 2 unspecified atom stereocenters. The van der Waals surface area contributed by atoms with Gasteiger partial charge in [-0.15, -0.1) is 0 Å². The average Bonchev–Trinajstić information content (AvgIpc) is 2.98. The largest absolute Gasteiger partial charge is 0.497 e. The molecule has 1 amide bonds. The molecule has 1 aliphatic rings. The van der Waals surface area contributed by atoms with E-state index in [1.807, 2.05) is 24.3 Å². The average molecular weight is 291 g/mol. The number of hydrogen-bond donors (Lipinski definition) is 2. The van der Waals surface area contributed by atoms with Crippen LogP contribution in [-0.2, 0) is 11.2 Å². The van der Waals surface area contributed by atoms with Gasteiger partial charge in [0.05, 0.1) is 7.11 Å². The molecule has 1 fully saturated rings. The van der Waals surface area contributed by atoms with E-state index >= 15 is 0 Å². The number of aliphatic hydroxyl groups is 1. The predicted molar refractivity (Wildman–Crippen MR) is 82.2 cm³/mol. The highest BCUT2D eigenvalue weighted by Crippen LogP contribution is 2.30. The van der Waals surface area contributed by atoms with Crippen LogP contribution in [0.25, 0.3) is 0 Å².